The molecule has 4 heterocycles. The SMILES string of the molecule is COc1cc2c(cc1S(=O)(=O)Nc1noc3cc(Cn4cccn4)c4c(c13)OCC4)OCC2. The zero-order chi connectivity index (χ0) is 22.6. The summed E-state index contributed by atoms with van der Waals surface area (Å²) in [6.07, 6.45) is 5.00. The van der Waals surface area contributed by atoms with Gasteiger partial charge < -0.3 is 18.7 Å². The summed E-state index contributed by atoms with van der Waals surface area (Å²) in [7, 11) is -2.62. The molecule has 170 valence electrons. The van der Waals surface area contributed by atoms with Crippen LogP contribution in [-0.4, -0.2) is 43.7 Å². The summed E-state index contributed by atoms with van der Waals surface area (Å²) in [6.45, 7) is 1.55. The Balaban J connectivity index is 1.41. The van der Waals surface area contributed by atoms with Crippen molar-refractivity contribution in [3.05, 3.63) is 53.3 Å². The number of fused-ring (bicyclic) bond motifs is 4. The van der Waals surface area contributed by atoms with Crippen molar-refractivity contribution < 1.29 is 27.2 Å². The second kappa shape index (κ2) is 7.41. The average molecular weight is 468 g/mol. The summed E-state index contributed by atoms with van der Waals surface area (Å²) in [5.41, 5.74) is 3.32. The minimum absolute atomic E-state index is 0.0327. The molecule has 10 nitrogen and oxygen atoms in total. The number of rotatable bonds is 6. The number of ether oxygens (including phenoxy) is 3. The maximum Gasteiger partial charge on any atom is 0.266 e. The molecule has 2 aliphatic rings. The number of nitrogens with zero attached hydrogens (tertiary/aromatic N) is 3. The topological polar surface area (TPSA) is 118 Å². The Morgan fingerprint density at radius 1 is 1.18 bits per heavy atom. The van der Waals surface area contributed by atoms with Gasteiger partial charge in [-0.15, -0.1) is 0 Å². The maximum absolute atomic E-state index is 13.3. The third-order valence-electron chi connectivity index (χ3n) is 5.90. The van der Waals surface area contributed by atoms with Crippen LogP contribution in [0.25, 0.3) is 11.0 Å². The van der Waals surface area contributed by atoms with Crippen LogP contribution in [0.4, 0.5) is 5.82 Å². The zero-order valence-corrected chi connectivity index (χ0v) is 18.5. The molecule has 0 atom stereocenters. The third-order valence-corrected chi connectivity index (χ3v) is 7.26. The Kier molecular flexibility index (Phi) is 4.47. The highest BCUT2D eigenvalue weighted by atomic mass is 32.2. The first kappa shape index (κ1) is 19.9. The van der Waals surface area contributed by atoms with Crippen LogP contribution in [0.2, 0.25) is 0 Å². The van der Waals surface area contributed by atoms with Gasteiger partial charge in [-0.2, -0.15) is 5.10 Å². The highest BCUT2D eigenvalue weighted by molar-refractivity contribution is 7.92. The second-order valence-electron chi connectivity index (χ2n) is 7.86. The Morgan fingerprint density at radius 2 is 2.06 bits per heavy atom. The van der Waals surface area contributed by atoms with Crippen LogP contribution in [0.5, 0.6) is 17.2 Å². The van der Waals surface area contributed by atoms with Gasteiger partial charge in [-0.1, -0.05) is 5.16 Å². The Labute approximate surface area is 189 Å². The molecule has 4 aromatic rings. The summed E-state index contributed by atoms with van der Waals surface area (Å²) in [5.74, 6) is 1.42. The quantitative estimate of drug-likeness (QED) is 0.459. The van der Waals surface area contributed by atoms with Gasteiger partial charge in [0.1, 0.15) is 27.5 Å². The first-order valence-corrected chi connectivity index (χ1v) is 11.9. The lowest BCUT2D eigenvalue weighted by Gasteiger charge is -2.13. The minimum atomic E-state index is -4.05. The van der Waals surface area contributed by atoms with E-state index in [9.17, 15) is 8.42 Å². The highest BCUT2D eigenvalue weighted by Gasteiger charge is 2.30. The van der Waals surface area contributed by atoms with Gasteiger partial charge in [0.2, 0.25) is 0 Å². The number of aromatic nitrogens is 3. The van der Waals surface area contributed by atoms with Crippen LogP contribution in [0.1, 0.15) is 16.7 Å². The van der Waals surface area contributed by atoms with Gasteiger partial charge in [-0.3, -0.25) is 9.40 Å². The molecular formula is C22H20N4O6S. The Morgan fingerprint density at radius 3 is 2.88 bits per heavy atom. The van der Waals surface area contributed by atoms with E-state index in [2.05, 4.69) is 15.0 Å². The molecule has 2 aliphatic heterocycles. The maximum atomic E-state index is 13.3. The number of sulfonamides is 1. The molecule has 0 saturated heterocycles. The normalized spacial score (nSPS) is 14.6. The van der Waals surface area contributed by atoms with Crippen LogP contribution in [-0.2, 0) is 29.4 Å². The number of hydrogen-bond donors (Lipinski definition) is 1. The van der Waals surface area contributed by atoms with Crippen molar-refractivity contribution in [1.82, 2.24) is 14.9 Å². The van der Waals surface area contributed by atoms with Gasteiger partial charge in [0.05, 0.1) is 26.9 Å². The molecule has 11 heteroatoms. The standard InChI is InChI=1S/C22H20N4O6S/c1-29-17-9-13-3-7-30-16(13)11-19(17)33(27,28)25-22-20-18(32-24-22)10-14(12-26-6-2-5-23-26)15-4-8-31-21(15)20/h2,5-6,9-11H,3-4,7-8,12H2,1H3,(H,24,25). The summed E-state index contributed by atoms with van der Waals surface area (Å²) < 4.78 is 53.3. The number of hydrogen-bond acceptors (Lipinski definition) is 8. The van der Waals surface area contributed by atoms with Crippen molar-refractivity contribution >= 4 is 26.8 Å². The van der Waals surface area contributed by atoms with E-state index in [0.29, 0.717) is 55.1 Å². The molecule has 0 amide bonds. The van der Waals surface area contributed by atoms with Crippen molar-refractivity contribution in [1.29, 1.82) is 0 Å². The van der Waals surface area contributed by atoms with Crippen molar-refractivity contribution in [2.45, 2.75) is 24.3 Å². The summed E-state index contributed by atoms with van der Waals surface area (Å²) in [4.78, 5) is -0.0327. The zero-order valence-electron chi connectivity index (χ0n) is 17.7. The minimum Gasteiger partial charge on any atom is -0.495 e. The number of methoxy groups -OCH3 is 1. The van der Waals surface area contributed by atoms with Gasteiger partial charge in [-0.05, 0) is 23.8 Å². The molecule has 2 aromatic carbocycles. The van der Waals surface area contributed by atoms with Crippen molar-refractivity contribution in [3.8, 4) is 17.2 Å². The van der Waals surface area contributed by atoms with E-state index in [0.717, 1.165) is 16.7 Å². The first-order valence-electron chi connectivity index (χ1n) is 10.4. The Hall–Kier alpha value is -3.73. The lowest BCUT2D eigenvalue weighted by molar-refractivity contribution is 0.355. The number of anilines is 1. The second-order valence-corrected chi connectivity index (χ2v) is 9.52. The van der Waals surface area contributed by atoms with E-state index in [1.165, 1.54) is 13.2 Å². The molecule has 0 unspecified atom stereocenters. The van der Waals surface area contributed by atoms with E-state index < -0.39 is 10.0 Å². The smallest absolute Gasteiger partial charge is 0.266 e. The number of benzene rings is 2. The molecule has 2 aromatic heterocycles. The molecule has 33 heavy (non-hydrogen) atoms. The lowest BCUT2D eigenvalue weighted by Crippen LogP contribution is -2.15. The molecule has 0 fully saturated rings. The molecule has 0 spiro atoms. The molecule has 0 saturated carbocycles. The molecule has 6 rings (SSSR count). The van der Waals surface area contributed by atoms with Crippen LogP contribution >= 0.6 is 0 Å². The van der Waals surface area contributed by atoms with Crippen molar-refractivity contribution in [2.75, 3.05) is 25.0 Å². The number of nitrogens with one attached hydrogen (secondary N) is 1. The predicted octanol–water partition coefficient (Wildman–Crippen LogP) is 2.75. The largest absolute Gasteiger partial charge is 0.495 e. The summed E-state index contributed by atoms with van der Waals surface area (Å²) in [5, 5.41) is 8.76. The molecule has 1 N–H and O–H groups in total. The van der Waals surface area contributed by atoms with E-state index in [4.69, 9.17) is 18.7 Å². The first-order chi connectivity index (χ1) is 16.0. The summed E-state index contributed by atoms with van der Waals surface area (Å²) >= 11 is 0. The fourth-order valence-corrected chi connectivity index (χ4v) is 5.54. The molecule has 0 bridgehead atoms. The molecule has 0 radical (unpaired) electrons. The lowest BCUT2D eigenvalue weighted by atomic mass is 10.0. The van der Waals surface area contributed by atoms with E-state index in [1.54, 1.807) is 12.3 Å². The Bertz CT molecular complexity index is 1480. The van der Waals surface area contributed by atoms with Gasteiger partial charge in [0.25, 0.3) is 10.0 Å². The average Bonchev–Trinajstić information content (AvgIpc) is 3.59. The predicted molar refractivity (Wildman–Crippen MR) is 118 cm³/mol. The van der Waals surface area contributed by atoms with Gasteiger partial charge in [-0.25, -0.2) is 8.42 Å². The van der Waals surface area contributed by atoms with Crippen molar-refractivity contribution in [2.24, 2.45) is 0 Å². The molecule has 0 aliphatic carbocycles. The van der Waals surface area contributed by atoms with Crippen LogP contribution < -0.4 is 18.9 Å². The monoisotopic (exact) mass is 468 g/mol. The van der Waals surface area contributed by atoms with E-state index >= 15 is 0 Å². The van der Waals surface area contributed by atoms with E-state index in [-0.39, 0.29) is 16.5 Å². The molecular weight excluding hydrogens is 448 g/mol. The van der Waals surface area contributed by atoms with Gasteiger partial charge >= 0.3 is 0 Å². The van der Waals surface area contributed by atoms with Crippen LogP contribution in [0, 0.1) is 0 Å². The fraction of sp³-hybridized carbons (Fsp3) is 0.273. The third kappa shape index (κ3) is 3.27. The van der Waals surface area contributed by atoms with Gasteiger partial charge in [0.15, 0.2) is 11.4 Å². The van der Waals surface area contributed by atoms with Crippen LogP contribution in [0.15, 0.2) is 46.1 Å². The summed E-state index contributed by atoms with van der Waals surface area (Å²) in [6, 6.07) is 6.89. The van der Waals surface area contributed by atoms with Crippen LogP contribution in [0.3, 0.4) is 0 Å². The highest BCUT2D eigenvalue weighted by Crippen LogP contribution is 2.42. The van der Waals surface area contributed by atoms with Gasteiger partial charge in [0, 0.05) is 42.4 Å². The van der Waals surface area contributed by atoms with Crippen molar-refractivity contribution in [3.63, 3.8) is 0 Å². The fourth-order valence-electron chi connectivity index (χ4n) is 4.37. The van der Waals surface area contributed by atoms with E-state index in [1.807, 2.05) is 23.0 Å².